The summed E-state index contributed by atoms with van der Waals surface area (Å²) in [6.45, 7) is 0. The van der Waals surface area contributed by atoms with E-state index >= 15 is 0 Å². The summed E-state index contributed by atoms with van der Waals surface area (Å²) in [7, 11) is 1.38. The van der Waals surface area contributed by atoms with E-state index in [0.717, 1.165) is 9.80 Å². The minimum Gasteiger partial charge on any atom is -0.504 e. The fourth-order valence-electron chi connectivity index (χ4n) is 7.81. The van der Waals surface area contributed by atoms with E-state index in [4.69, 9.17) is 27.9 Å². The van der Waals surface area contributed by atoms with Crippen LogP contribution in [0, 0.1) is 17.8 Å². The maximum atomic E-state index is 14.3. The molecule has 2 aliphatic heterocycles. The van der Waals surface area contributed by atoms with Crippen LogP contribution >= 0.6 is 39.1 Å². The van der Waals surface area contributed by atoms with Gasteiger partial charge in [0, 0.05) is 22.6 Å². The van der Waals surface area contributed by atoms with Crippen LogP contribution in [0.3, 0.4) is 0 Å². The largest absolute Gasteiger partial charge is 0.504 e. The quantitative estimate of drug-likeness (QED) is 0.116. The van der Waals surface area contributed by atoms with Crippen LogP contribution in [0.25, 0.3) is 0 Å². The molecule has 4 amide bonds. The van der Waals surface area contributed by atoms with E-state index in [2.05, 4.69) is 15.9 Å². The average molecular weight is 738 g/mol. The van der Waals surface area contributed by atoms with E-state index in [1.807, 2.05) is 6.07 Å². The van der Waals surface area contributed by atoms with E-state index in [0.29, 0.717) is 22.4 Å². The number of allylic oxidation sites excluding steroid dienone is 2. The average Bonchev–Trinajstić information content (AvgIpc) is 3.42. The molecule has 7 rings (SSSR count). The van der Waals surface area contributed by atoms with Gasteiger partial charge in [-0.3, -0.25) is 33.8 Å². The van der Waals surface area contributed by atoms with Gasteiger partial charge in [0.05, 0.1) is 30.1 Å². The number of benzene rings is 3. The molecule has 9 nitrogen and oxygen atoms in total. The molecule has 3 aromatic carbocycles. The highest BCUT2D eigenvalue weighted by Crippen LogP contribution is 2.66. The predicted molar refractivity (Wildman–Crippen MR) is 177 cm³/mol. The molecular formula is C35H27BrCl2N2O7. The standard InChI is InChI=1S/C35H27BrCl2N2O7/c1-47-25-9-5-8-23(29(25)42)27-21-14-15-22-26(24(21)16-34(37)32(45)39(17-36)33(46)35(27,34)38)31(44)40(30(22)43)20-12-10-19(11-13-20)28(41)18-6-3-2-4-7-18/h2-14,22,24,26-27,42H,15-17H2,1H3/t22-,24+,26-,27+,34+,35-/m0/s1. The van der Waals surface area contributed by atoms with Crippen LogP contribution in [0.15, 0.2) is 84.4 Å². The Morgan fingerprint density at radius 2 is 1.60 bits per heavy atom. The van der Waals surface area contributed by atoms with Crippen molar-refractivity contribution in [3.05, 3.63) is 101 Å². The lowest BCUT2D eigenvalue weighted by atomic mass is 9.56. The highest BCUT2D eigenvalue weighted by atomic mass is 79.9. The normalized spacial score (nSPS) is 29.7. The summed E-state index contributed by atoms with van der Waals surface area (Å²) in [6.07, 6.45) is 1.77. The van der Waals surface area contributed by atoms with Gasteiger partial charge in [-0.25, -0.2) is 0 Å². The van der Waals surface area contributed by atoms with Crippen LogP contribution in [0.5, 0.6) is 11.5 Å². The van der Waals surface area contributed by atoms with Crippen molar-refractivity contribution in [3.63, 3.8) is 0 Å². The van der Waals surface area contributed by atoms with Crippen LogP contribution in [0.2, 0.25) is 0 Å². The lowest BCUT2D eigenvalue weighted by Crippen LogP contribution is -2.60. The number of amides is 4. The van der Waals surface area contributed by atoms with Gasteiger partial charge >= 0.3 is 0 Å². The van der Waals surface area contributed by atoms with Gasteiger partial charge in [0.15, 0.2) is 27.0 Å². The molecule has 6 atom stereocenters. The minimum absolute atomic E-state index is 0.126. The van der Waals surface area contributed by atoms with E-state index in [-0.39, 0.29) is 41.1 Å². The topological polar surface area (TPSA) is 121 Å². The number of ketones is 1. The van der Waals surface area contributed by atoms with Gasteiger partial charge < -0.3 is 9.84 Å². The molecule has 0 radical (unpaired) electrons. The van der Waals surface area contributed by atoms with E-state index in [1.165, 1.54) is 7.11 Å². The summed E-state index contributed by atoms with van der Waals surface area (Å²) < 4.78 is 5.34. The molecule has 4 aliphatic rings. The molecule has 0 bridgehead atoms. The number of phenols is 1. The number of methoxy groups -OCH3 is 1. The first-order valence-corrected chi connectivity index (χ1v) is 16.8. The maximum absolute atomic E-state index is 14.3. The summed E-state index contributed by atoms with van der Waals surface area (Å²) in [5, 5.41) is 11.3. The fourth-order valence-corrected chi connectivity index (χ4v) is 9.23. The monoisotopic (exact) mass is 736 g/mol. The van der Waals surface area contributed by atoms with Crippen LogP contribution in [0.1, 0.15) is 40.2 Å². The van der Waals surface area contributed by atoms with Crippen LogP contribution in [0.4, 0.5) is 5.69 Å². The number of aromatic hydroxyl groups is 1. The first-order valence-electron chi connectivity index (χ1n) is 14.9. The van der Waals surface area contributed by atoms with Crippen molar-refractivity contribution in [1.29, 1.82) is 0 Å². The number of halogens is 3. The van der Waals surface area contributed by atoms with Gasteiger partial charge in [-0.1, -0.05) is 70.0 Å². The Labute approximate surface area is 288 Å². The van der Waals surface area contributed by atoms with Crippen LogP contribution < -0.4 is 9.64 Å². The summed E-state index contributed by atoms with van der Waals surface area (Å²) in [4.78, 5) is 66.9. The zero-order chi connectivity index (χ0) is 33.4. The Morgan fingerprint density at radius 3 is 2.26 bits per heavy atom. The first-order chi connectivity index (χ1) is 22.5. The molecule has 0 aromatic heterocycles. The second kappa shape index (κ2) is 11.3. The SMILES string of the molecule is COc1cccc([C@H]2C3=CC[C@@H]4C(=O)N(c5ccc(C(=O)c6ccccc6)cc5)C(=O)[C@@H]4[C@@H]3C[C@@]3(Cl)C(=O)N(CBr)C(=O)[C@@]23Cl)c1O. The third-order valence-electron chi connectivity index (χ3n) is 10.00. The minimum atomic E-state index is -2.05. The number of carbonyl (C=O) groups excluding carboxylic acids is 5. The third-order valence-corrected chi connectivity index (χ3v) is 11.9. The Balaban J connectivity index is 1.30. The van der Waals surface area contributed by atoms with Crippen molar-refractivity contribution >= 4 is 74.2 Å². The molecule has 2 heterocycles. The van der Waals surface area contributed by atoms with Gasteiger partial charge in [-0.2, -0.15) is 0 Å². The van der Waals surface area contributed by atoms with Crippen molar-refractivity contribution in [2.45, 2.75) is 28.5 Å². The lowest BCUT2D eigenvalue weighted by molar-refractivity contribution is -0.138. The zero-order valence-electron chi connectivity index (χ0n) is 24.9. The number of carbonyl (C=O) groups is 5. The third kappa shape index (κ3) is 4.30. The van der Waals surface area contributed by atoms with Gasteiger partial charge in [0.1, 0.15) is 0 Å². The van der Waals surface area contributed by atoms with E-state index in [1.54, 1.807) is 72.8 Å². The predicted octanol–water partition coefficient (Wildman–Crippen LogP) is 5.55. The number of alkyl halides is 3. The first kappa shape index (κ1) is 31.6. The molecule has 1 N–H and O–H groups in total. The molecular weight excluding hydrogens is 711 g/mol. The highest BCUT2D eigenvalue weighted by Gasteiger charge is 2.76. The number of ether oxygens (including phenoxy) is 1. The molecule has 12 heteroatoms. The number of phenolic OH excluding ortho intramolecular Hbond substituents is 1. The number of likely N-dealkylation sites (tertiary alicyclic amines) is 1. The van der Waals surface area contributed by atoms with Crippen LogP contribution in [-0.4, -0.2) is 61.7 Å². The number of rotatable bonds is 6. The van der Waals surface area contributed by atoms with E-state index < -0.39 is 57.0 Å². The Morgan fingerprint density at radius 1 is 0.915 bits per heavy atom. The number of imide groups is 2. The Kier molecular flexibility index (Phi) is 7.61. The number of anilines is 1. The molecule has 0 unspecified atom stereocenters. The van der Waals surface area contributed by atoms with Crippen molar-refractivity contribution in [2.75, 3.05) is 17.5 Å². The fraction of sp³-hybridized carbons (Fsp3) is 0.286. The van der Waals surface area contributed by atoms with Crippen molar-refractivity contribution in [3.8, 4) is 11.5 Å². The number of para-hydroxylation sites is 1. The van der Waals surface area contributed by atoms with Gasteiger partial charge in [-0.15, -0.1) is 23.2 Å². The second-order valence-corrected chi connectivity index (χ2v) is 13.9. The molecule has 47 heavy (non-hydrogen) atoms. The number of hydrogen-bond donors (Lipinski definition) is 1. The summed E-state index contributed by atoms with van der Waals surface area (Å²) >= 11 is 17.7. The Bertz CT molecular complexity index is 1900. The van der Waals surface area contributed by atoms with Crippen molar-refractivity contribution < 1.29 is 33.8 Å². The molecule has 3 aromatic rings. The van der Waals surface area contributed by atoms with Gasteiger partial charge in [0.25, 0.3) is 11.8 Å². The molecule has 2 saturated heterocycles. The molecule has 3 fully saturated rings. The highest BCUT2D eigenvalue weighted by molar-refractivity contribution is 9.09. The van der Waals surface area contributed by atoms with Crippen molar-refractivity contribution in [1.82, 2.24) is 4.90 Å². The lowest BCUT2D eigenvalue weighted by Gasteiger charge is -2.50. The second-order valence-electron chi connectivity index (χ2n) is 12.1. The summed E-state index contributed by atoms with van der Waals surface area (Å²) in [5.41, 5.74) is 1.82. The summed E-state index contributed by atoms with van der Waals surface area (Å²) in [6, 6.07) is 19.8. The summed E-state index contributed by atoms with van der Waals surface area (Å²) in [5.74, 6) is -6.27. The van der Waals surface area contributed by atoms with Crippen molar-refractivity contribution in [2.24, 2.45) is 17.8 Å². The van der Waals surface area contributed by atoms with Crippen LogP contribution in [-0.2, 0) is 19.2 Å². The Hall–Kier alpha value is -3.99. The molecule has 1 saturated carbocycles. The van der Waals surface area contributed by atoms with Gasteiger partial charge in [-0.05, 0) is 49.1 Å². The maximum Gasteiger partial charge on any atom is 0.254 e. The van der Waals surface area contributed by atoms with Gasteiger partial charge in [0.2, 0.25) is 11.8 Å². The number of fused-ring (bicyclic) bond motifs is 4. The molecule has 2 aliphatic carbocycles. The van der Waals surface area contributed by atoms with E-state index in [9.17, 15) is 29.1 Å². The number of nitrogens with zero attached hydrogens (tertiary/aromatic N) is 2. The molecule has 0 spiro atoms. The molecule has 240 valence electrons. The zero-order valence-corrected chi connectivity index (χ0v) is 28.0. The smallest absolute Gasteiger partial charge is 0.254 e. The number of hydrogen-bond acceptors (Lipinski definition) is 7.